The van der Waals surface area contributed by atoms with Crippen LogP contribution in [-0.4, -0.2) is 22.6 Å². The van der Waals surface area contributed by atoms with Crippen molar-refractivity contribution >= 4 is 17.5 Å². The van der Waals surface area contributed by atoms with Crippen LogP contribution in [0.4, 0.5) is 0 Å². The Hall–Kier alpha value is -1.45. The van der Waals surface area contributed by atoms with Gasteiger partial charge in [-0.05, 0) is 80.5 Å². The molecule has 1 N–H and O–H groups in total. The Kier molecular flexibility index (Phi) is 5.51. The minimum Gasteiger partial charge on any atom is -0.481 e. The van der Waals surface area contributed by atoms with Gasteiger partial charge in [-0.15, -0.1) is 0 Å². The minimum atomic E-state index is -0.768. The molecule has 0 amide bonds. The van der Waals surface area contributed by atoms with Gasteiger partial charge in [0, 0.05) is 30.6 Å². The quantitative estimate of drug-likeness (QED) is 0.621. The van der Waals surface area contributed by atoms with E-state index in [0.717, 1.165) is 32.1 Å². The van der Waals surface area contributed by atoms with Crippen LogP contribution in [0.15, 0.2) is 11.6 Å². The molecule has 4 saturated carbocycles. The summed E-state index contributed by atoms with van der Waals surface area (Å²) in [5, 5.41) is 9.10. The lowest BCUT2D eigenvalue weighted by molar-refractivity contribution is -0.164. The number of carbonyl (C=O) groups is 3. The van der Waals surface area contributed by atoms with E-state index in [1.807, 2.05) is 0 Å². The minimum absolute atomic E-state index is 0.0257. The number of ketones is 2. The summed E-state index contributed by atoms with van der Waals surface area (Å²) < 4.78 is 0. The third kappa shape index (κ3) is 3.12. The highest BCUT2D eigenvalue weighted by Gasteiger charge is 2.65. The molecular formula is C26H38O4. The van der Waals surface area contributed by atoms with Gasteiger partial charge < -0.3 is 5.11 Å². The predicted molar refractivity (Wildman–Crippen MR) is 116 cm³/mol. The van der Waals surface area contributed by atoms with E-state index in [9.17, 15) is 14.4 Å². The molecule has 4 aliphatic carbocycles. The van der Waals surface area contributed by atoms with Crippen LogP contribution in [0.3, 0.4) is 0 Å². The van der Waals surface area contributed by atoms with E-state index in [1.165, 1.54) is 5.57 Å². The second-order valence-electron chi connectivity index (χ2n) is 11.3. The van der Waals surface area contributed by atoms with E-state index >= 15 is 0 Å². The molecule has 0 radical (unpaired) electrons. The third-order valence-corrected chi connectivity index (χ3v) is 10.2. The topological polar surface area (TPSA) is 71.4 Å². The van der Waals surface area contributed by atoms with Crippen molar-refractivity contribution in [3.8, 4) is 0 Å². The number of carboxylic acid groups (broad SMARTS) is 1. The van der Waals surface area contributed by atoms with Crippen molar-refractivity contribution in [1.29, 1.82) is 0 Å². The first kappa shape index (κ1) is 21.8. The smallest absolute Gasteiger partial charge is 0.303 e. The number of rotatable bonds is 4. The van der Waals surface area contributed by atoms with E-state index < -0.39 is 11.4 Å². The normalized spacial score (nSPS) is 45.6. The largest absolute Gasteiger partial charge is 0.481 e. The van der Waals surface area contributed by atoms with Gasteiger partial charge >= 0.3 is 5.97 Å². The summed E-state index contributed by atoms with van der Waals surface area (Å²) >= 11 is 0. The fraction of sp³-hybridized carbons (Fsp3) is 0.808. The first-order valence-corrected chi connectivity index (χ1v) is 12.0. The fourth-order valence-electron chi connectivity index (χ4n) is 8.27. The molecule has 0 heterocycles. The second kappa shape index (κ2) is 7.60. The molecule has 0 aromatic heterocycles. The number of Topliss-reactive ketones (excluding diaryl/α,β-unsaturated/α-hetero) is 2. The van der Waals surface area contributed by atoms with Gasteiger partial charge in [-0.3, -0.25) is 14.4 Å². The third-order valence-electron chi connectivity index (χ3n) is 10.2. The molecule has 0 aromatic carbocycles. The molecule has 0 aliphatic heterocycles. The van der Waals surface area contributed by atoms with Crippen LogP contribution < -0.4 is 0 Å². The molecule has 0 bridgehead atoms. The van der Waals surface area contributed by atoms with Crippen molar-refractivity contribution in [2.24, 2.45) is 46.3 Å². The summed E-state index contributed by atoms with van der Waals surface area (Å²) in [5.41, 5.74) is 1.11. The van der Waals surface area contributed by atoms with Crippen LogP contribution in [0.2, 0.25) is 0 Å². The summed E-state index contributed by atoms with van der Waals surface area (Å²) in [6.07, 6.45) is 9.33. The fourth-order valence-corrected chi connectivity index (χ4v) is 8.27. The summed E-state index contributed by atoms with van der Waals surface area (Å²) in [7, 11) is 0. The monoisotopic (exact) mass is 414 g/mol. The average molecular weight is 415 g/mol. The van der Waals surface area contributed by atoms with Crippen LogP contribution in [0, 0.1) is 46.3 Å². The van der Waals surface area contributed by atoms with Gasteiger partial charge in [0.1, 0.15) is 11.6 Å². The zero-order valence-corrected chi connectivity index (χ0v) is 19.1. The lowest BCUT2D eigenvalue weighted by Crippen LogP contribution is -2.59. The Balaban J connectivity index is 1.62. The van der Waals surface area contributed by atoms with Crippen molar-refractivity contribution in [3.05, 3.63) is 11.6 Å². The first-order chi connectivity index (χ1) is 14.1. The van der Waals surface area contributed by atoms with Gasteiger partial charge in [0.2, 0.25) is 0 Å². The zero-order valence-electron chi connectivity index (χ0n) is 19.1. The zero-order chi connectivity index (χ0) is 21.8. The maximum atomic E-state index is 13.7. The number of allylic oxidation sites excluding steroid dienone is 2. The lowest BCUT2D eigenvalue weighted by atomic mass is 9.43. The number of hydrogen-bond acceptors (Lipinski definition) is 3. The van der Waals surface area contributed by atoms with Crippen molar-refractivity contribution < 1.29 is 19.5 Å². The highest BCUT2D eigenvalue weighted by Crippen LogP contribution is 2.66. The number of aliphatic carboxylic acids is 1. The Morgan fingerprint density at radius 2 is 1.90 bits per heavy atom. The molecule has 30 heavy (non-hydrogen) atoms. The maximum Gasteiger partial charge on any atom is 0.303 e. The molecule has 4 nitrogen and oxygen atoms in total. The number of hydrogen-bond donors (Lipinski definition) is 1. The molecule has 0 unspecified atom stereocenters. The number of carboxylic acids is 1. The van der Waals surface area contributed by atoms with E-state index in [-0.39, 0.29) is 41.4 Å². The number of carbonyl (C=O) groups excluding carboxylic acids is 2. The van der Waals surface area contributed by atoms with E-state index in [0.29, 0.717) is 36.7 Å². The summed E-state index contributed by atoms with van der Waals surface area (Å²) in [6, 6.07) is 0. The molecule has 4 aliphatic rings. The van der Waals surface area contributed by atoms with Crippen LogP contribution in [0.5, 0.6) is 0 Å². The maximum absolute atomic E-state index is 13.7. The Bertz CT molecular complexity index is 782. The van der Waals surface area contributed by atoms with E-state index in [1.54, 1.807) is 0 Å². The van der Waals surface area contributed by atoms with Crippen LogP contribution in [0.1, 0.15) is 85.5 Å². The van der Waals surface area contributed by atoms with Gasteiger partial charge in [0.25, 0.3) is 0 Å². The molecule has 0 aromatic rings. The van der Waals surface area contributed by atoms with Crippen molar-refractivity contribution in [3.63, 3.8) is 0 Å². The van der Waals surface area contributed by atoms with Gasteiger partial charge in [-0.2, -0.15) is 0 Å². The standard InChI is InChI=1S/C26H38O4/c1-5-16-10-11-25(3)17(12-16)13-21(27)24-19-8-7-18(15(2)6-9-23(29)30)26(19,4)22(28)14-20(24)25/h5,15,17-20,24H,6-14H2,1-4H3,(H,29,30)/b16-5+/t15-,17+,18-,19+,20+,24+,25+,26-/m1/s1. The van der Waals surface area contributed by atoms with Gasteiger partial charge in [0.15, 0.2) is 0 Å². The molecule has 4 rings (SSSR count). The number of fused-ring (bicyclic) bond motifs is 5. The molecule has 4 heteroatoms. The van der Waals surface area contributed by atoms with Gasteiger partial charge in [-0.25, -0.2) is 0 Å². The van der Waals surface area contributed by atoms with Crippen molar-refractivity contribution in [2.45, 2.75) is 85.5 Å². The molecular weight excluding hydrogens is 376 g/mol. The average Bonchev–Trinajstić information content (AvgIpc) is 3.05. The lowest BCUT2D eigenvalue weighted by Gasteiger charge is -2.59. The molecule has 0 spiro atoms. The summed E-state index contributed by atoms with van der Waals surface area (Å²) in [5.74, 6) is 1.14. The van der Waals surface area contributed by atoms with E-state index in [4.69, 9.17) is 5.11 Å². The Morgan fingerprint density at radius 3 is 2.57 bits per heavy atom. The highest BCUT2D eigenvalue weighted by molar-refractivity contribution is 5.92. The van der Waals surface area contributed by atoms with Gasteiger partial charge in [-0.1, -0.05) is 32.4 Å². The molecule has 8 atom stereocenters. The summed E-state index contributed by atoms with van der Waals surface area (Å²) in [6.45, 7) is 8.70. The second-order valence-corrected chi connectivity index (χ2v) is 11.3. The SMILES string of the molecule is C/C=C1\CC[C@@]2(C)[C@H](CC(=O)[C@@H]3[C@@H]2CC(=O)[C@]2(C)[C@@H]([C@H](C)CCC(=O)O)CC[C@@H]32)C1. The van der Waals surface area contributed by atoms with Crippen LogP contribution in [0.25, 0.3) is 0 Å². The van der Waals surface area contributed by atoms with Crippen LogP contribution in [-0.2, 0) is 14.4 Å². The molecule has 4 fully saturated rings. The van der Waals surface area contributed by atoms with Crippen molar-refractivity contribution in [2.75, 3.05) is 0 Å². The van der Waals surface area contributed by atoms with Crippen LogP contribution >= 0.6 is 0 Å². The summed E-state index contributed by atoms with van der Waals surface area (Å²) in [4.78, 5) is 38.3. The van der Waals surface area contributed by atoms with E-state index in [2.05, 4.69) is 33.8 Å². The first-order valence-electron chi connectivity index (χ1n) is 12.0. The molecule has 166 valence electrons. The predicted octanol–water partition coefficient (Wildman–Crippen LogP) is 5.45. The van der Waals surface area contributed by atoms with Crippen molar-refractivity contribution in [1.82, 2.24) is 0 Å². The highest BCUT2D eigenvalue weighted by atomic mass is 16.4. The molecule has 0 saturated heterocycles. The van der Waals surface area contributed by atoms with Gasteiger partial charge in [0.05, 0.1) is 0 Å². The Morgan fingerprint density at radius 1 is 1.17 bits per heavy atom. The Labute approximate surface area is 180 Å².